The van der Waals surface area contributed by atoms with Crippen LogP contribution in [0.25, 0.3) is 0 Å². The first-order chi connectivity index (χ1) is 9.90. The maximum absolute atomic E-state index is 12.8. The van der Waals surface area contributed by atoms with Gasteiger partial charge in [0.2, 0.25) is 10.0 Å². The molecule has 0 radical (unpaired) electrons. The lowest BCUT2D eigenvalue weighted by Gasteiger charge is -2.30. The topological polar surface area (TPSA) is 62.5 Å². The molecule has 0 aromatic carbocycles. The molecule has 1 fully saturated rings. The molecule has 0 bridgehead atoms. The van der Waals surface area contributed by atoms with Crippen LogP contribution in [0.3, 0.4) is 0 Å². The summed E-state index contributed by atoms with van der Waals surface area (Å²) in [5, 5.41) is 9.41. The highest BCUT2D eigenvalue weighted by Gasteiger charge is 2.29. The molecular weight excluding hydrogens is 288 g/mol. The number of aliphatic hydroxyl groups excluding tert-OH is 1. The van der Waals surface area contributed by atoms with Crippen LogP contribution in [0.4, 0.5) is 0 Å². The van der Waals surface area contributed by atoms with E-state index in [1.807, 2.05) is 25.3 Å². The third kappa shape index (κ3) is 3.33. The van der Waals surface area contributed by atoms with Crippen molar-refractivity contribution >= 4 is 10.0 Å². The van der Waals surface area contributed by atoms with Crippen molar-refractivity contribution in [3.8, 4) is 0 Å². The van der Waals surface area contributed by atoms with Crippen LogP contribution in [0.5, 0.6) is 0 Å². The van der Waals surface area contributed by atoms with E-state index in [4.69, 9.17) is 0 Å². The molecule has 0 amide bonds. The fourth-order valence-electron chi connectivity index (χ4n) is 2.75. The fourth-order valence-corrected chi connectivity index (χ4v) is 4.33. The SMILES string of the molecule is CCN(CC1CCC1)S(=O)(=O)c1cc(CO)n(C(C)C)c1. The molecule has 0 unspecified atom stereocenters. The highest BCUT2D eigenvalue weighted by atomic mass is 32.2. The van der Waals surface area contributed by atoms with Crippen LogP contribution in [-0.2, 0) is 16.6 Å². The molecule has 2 rings (SSSR count). The second kappa shape index (κ2) is 6.50. The number of hydrogen-bond donors (Lipinski definition) is 1. The van der Waals surface area contributed by atoms with E-state index in [0.29, 0.717) is 29.6 Å². The Labute approximate surface area is 127 Å². The summed E-state index contributed by atoms with van der Waals surface area (Å²) in [6, 6.07) is 1.72. The van der Waals surface area contributed by atoms with Crippen LogP contribution in [0.2, 0.25) is 0 Å². The lowest BCUT2D eigenvalue weighted by atomic mass is 9.85. The molecule has 1 aliphatic carbocycles. The van der Waals surface area contributed by atoms with E-state index in [2.05, 4.69) is 0 Å². The minimum atomic E-state index is -3.47. The monoisotopic (exact) mass is 314 g/mol. The lowest BCUT2D eigenvalue weighted by molar-refractivity contribution is 0.250. The van der Waals surface area contributed by atoms with E-state index in [-0.39, 0.29) is 12.6 Å². The lowest BCUT2D eigenvalue weighted by Crippen LogP contribution is -2.37. The molecule has 0 spiro atoms. The summed E-state index contributed by atoms with van der Waals surface area (Å²) >= 11 is 0. The largest absolute Gasteiger partial charge is 0.390 e. The van der Waals surface area contributed by atoms with Crippen molar-refractivity contribution < 1.29 is 13.5 Å². The highest BCUT2D eigenvalue weighted by Crippen LogP contribution is 2.29. The zero-order valence-corrected chi connectivity index (χ0v) is 13.9. The Morgan fingerprint density at radius 2 is 2.10 bits per heavy atom. The molecular formula is C15H26N2O3S. The number of sulfonamides is 1. The molecule has 1 heterocycles. The summed E-state index contributed by atoms with van der Waals surface area (Å²) in [5.41, 5.74) is 0.642. The normalized spacial score (nSPS) is 16.7. The van der Waals surface area contributed by atoms with Crippen molar-refractivity contribution in [2.45, 2.75) is 57.6 Å². The van der Waals surface area contributed by atoms with Gasteiger partial charge in [-0.2, -0.15) is 4.31 Å². The van der Waals surface area contributed by atoms with Crippen molar-refractivity contribution in [1.82, 2.24) is 8.87 Å². The molecule has 1 aromatic heterocycles. The zero-order chi connectivity index (χ0) is 15.6. The predicted octanol–water partition coefficient (Wildman–Crippen LogP) is 2.37. The van der Waals surface area contributed by atoms with E-state index in [1.54, 1.807) is 16.6 Å². The van der Waals surface area contributed by atoms with Crippen LogP contribution in [0.15, 0.2) is 17.2 Å². The quantitative estimate of drug-likeness (QED) is 0.840. The average Bonchev–Trinajstić information content (AvgIpc) is 2.82. The van der Waals surface area contributed by atoms with Crippen molar-refractivity contribution in [3.05, 3.63) is 18.0 Å². The Morgan fingerprint density at radius 3 is 2.48 bits per heavy atom. The van der Waals surface area contributed by atoms with Crippen LogP contribution in [0.1, 0.15) is 51.8 Å². The summed E-state index contributed by atoms with van der Waals surface area (Å²) in [6.45, 7) is 6.77. The predicted molar refractivity (Wildman–Crippen MR) is 82.5 cm³/mol. The van der Waals surface area contributed by atoms with Gasteiger partial charge in [-0.05, 0) is 38.7 Å². The summed E-state index contributed by atoms with van der Waals surface area (Å²) in [6.07, 6.45) is 5.11. The Kier molecular flexibility index (Phi) is 5.11. The van der Waals surface area contributed by atoms with Gasteiger partial charge in [0, 0.05) is 31.0 Å². The maximum Gasteiger partial charge on any atom is 0.244 e. The smallest absolute Gasteiger partial charge is 0.244 e. The standard InChI is InChI=1S/C15H26N2O3S/c1-4-16(9-13-6-5-7-13)21(19,20)15-8-14(11-18)17(10-15)12(2)3/h8,10,12-13,18H,4-7,9,11H2,1-3H3. The first-order valence-electron chi connectivity index (χ1n) is 7.71. The highest BCUT2D eigenvalue weighted by molar-refractivity contribution is 7.89. The number of aliphatic hydroxyl groups is 1. The third-order valence-electron chi connectivity index (χ3n) is 4.30. The van der Waals surface area contributed by atoms with Gasteiger partial charge in [0.25, 0.3) is 0 Å². The number of nitrogens with zero attached hydrogens (tertiary/aromatic N) is 2. The Balaban J connectivity index is 2.28. The maximum atomic E-state index is 12.8. The Bertz CT molecular complexity index is 574. The molecule has 0 aliphatic heterocycles. The van der Waals surface area contributed by atoms with Crippen molar-refractivity contribution in [3.63, 3.8) is 0 Å². The molecule has 1 saturated carbocycles. The minimum absolute atomic E-state index is 0.123. The molecule has 120 valence electrons. The van der Waals surface area contributed by atoms with E-state index in [9.17, 15) is 13.5 Å². The van der Waals surface area contributed by atoms with Gasteiger partial charge in [0.15, 0.2) is 0 Å². The van der Waals surface area contributed by atoms with Crippen LogP contribution in [0, 0.1) is 5.92 Å². The molecule has 21 heavy (non-hydrogen) atoms. The minimum Gasteiger partial charge on any atom is -0.390 e. The average molecular weight is 314 g/mol. The van der Waals surface area contributed by atoms with Gasteiger partial charge in [-0.15, -0.1) is 0 Å². The van der Waals surface area contributed by atoms with Gasteiger partial charge < -0.3 is 9.67 Å². The zero-order valence-electron chi connectivity index (χ0n) is 13.1. The van der Waals surface area contributed by atoms with Crippen molar-refractivity contribution in [2.24, 2.45) is 5.92 Å². The van der Waals surface area contributed by atoms with Gasteiger partial charge in [-0.25, -0.2) is 8.42 Å². The van der Waals surface area contributed by atoms with Crippen LogP contribution in [-0.4, -0.2) is 35.5 Å². The van der Waals surface area contributed by atoms with Gasteiger partial charge in [0.05, 0.1) is 6.61 Å². The second-order valence-corrected chi connectivity index (χ2v) is 8.02. The first kappa shape index (κ1) is 16.5. The van der Waals surface area contributed by atoms with Gasteiger partial charge in [-0.3, -0.25) is 0 Å². The summed E-state index contributed by atoms with van der Waals surface area (Å²) in [7, 11) is -3.47. The van der Waals surface area contributed by atoms with Crippen LogP contribution < -0.4 is 0 Å². The summed E-state index contributed by atoms with van der Waals surface area (Å²) < 4.78 is 28.9. The van der Waals surface area contributed by atoms with E-state index in [0.717, 1.165) is 12.8 Å². The van der Waals surface area contributed by atoms with E-state index in [1.165, 1.54) is 6.42 Å². The molecule has 0 saturated heterocycles. The number of aromatic nitrogens is 1. The van der Waals surface area contributed by atoms with Crippen molar-refractivity contribution in [1.29, 1.82) is 0 Å². The summed E-state index contributed by atoms with van der Waals surface area (Å²) in [4.78, 5) is 0.293. The Morgan fingerprint density at radius 1 is 1.43 bits per heavy atom. The molecule has 6 heteroatoms. The van der Waals surface area contributed by atoms with Crippen molar-refractivity contribution in [2.75, 3.05) is 13.1 Å². The Hall–Kier alpha value is -0.850. The summed E-state index contributed by atoms with van der Waals surface area (Å²) in [5.74, 6) is 0.504. The van der Waals surface area contributed by atoms with E-state index >= 15 is 0 Å². The molecule has 1 aromatic rings. The number of hydrogen-bond acceptors (Lipinski definition) is 3. The molecule has 0 atom stereocenters. The number of rotatable bonds is 7. The van der Waals surface area contributed by atoms with Gasteiger partial charge >= 0.3 is 0 Å². The third-order valence-corrected chi connectivity index (χ3v) is 6.21. The molecule has 1 aliphatic rings. The fraction of sp³-hybridized carbons (Fsp3) is 0.733. The molecule has 5 nitrogen and oxygen atoms in total. The van der Waals surface area contributed by atoms with Gasteiger partial charge in [0.1, 0.15) is 4.90 Å². The second-order valence-electron chi connectivity index (χ2n) is 6.08. The molecule has 1 N–H and O–H groups in total. The first-order valence-corrected chi connectivity index (χ1v) is 9.15. The van der Waals surface area contributed by atoms with E-state index < -0.39 is 10.0 Å². The van der Waals surface area contributed by atoms with Crippen LogP contribution >= 0.6 is 0 Å². The van der Waals surface area contributed by atoms with Gasteiger partial charge in [-0.1, -0.05) is 13.3 Å².